The highest BCUT2D eigenvalue weighted by Gasteiger charge is 2.28. The van der Waals surface area contributed by atoms with Crippen molar-refractivity contribution >= 4 is 16.9 Å². The van der Waals surface area contributed by atoms with Crippen LogP contribution in [0.1, 0.15) is 53.8 Å². The predicted octanol–water partition coefficient (Wildman–Crippen LogP) is 2.29. The number of amides is 1. The molecule has 1 aliphatic rings. The lowest BCUT2D eigenvalue weighted by Gasteiger charge is -2.08. The van der Waals surface area contributed by atoms with Crippen molar-refractivity contribution in [2.45, 2.75) is 39.0 Å². The van der Waals surface area contributed by atoms with Crippen LogP contribution in [0.15, 0.2) is 6.07 Å². The third kappa shape index (κ3) is 2.17. The van der Waals surface area contributed by atoms with Crippen LogP contribution in [-0.4, -0.2) is 27.2 Å². The molecule has 0 unspecified atom stereocenters. The molecule has 5 nitrogen and oxygen atoms in total. The highest BCUT2D eigenvalue weighted by Crippen LogP contribution is 2.40. The summed E-state index contributed by atoms with van der Waals surface area (Å²) in [4.78, 5) is 17.1. The second kappa shape index (κ2) is 4.89. The van der Waals surface area contributed by atoms with Crippen LogP contribution in [0.4, 0.5) is 0 Å². The molecule has 0 aromatic carbocycles. The molecule has 20 heavy (non-hydrogen) atoms. The topological polar surface area (TPSA) is 59.8 Å². The van der Waals surface area contributed by atoms with Gasteiger partial charge in [-0.25, -0.2) is 4.98 Å². The molecule has 106 valence electrons. The van der Waals surface area contributed by atoms with E-state index >= 15 is 0 Å². The number of carbonyl (C=O) groups excluding carboxylic acids is 1. The molecular weight excluding hydrogens is 252 g/mol. The van der Waals surface area contributed by atoms with Crippen molar-refractivity contribution in [3.63, 3.8) is 0 Å². The standard InChI is InChI=1S/C15H20N4O/c1-4-7-16-15(20)11-8-12(10-5-6-10)17-14-13(11)9(2)18-19(14)3/h8,10H,4-7H2,1-3H3,(H,16,20). The Kier molecular flexibility index (Phi) is 3.20. The number of fused-ring (bicyclic) bond motifs is 1. The Balaban J connectivity index is 2.14. The van der Waals surface area contributed by atoms with Crippen LogP contribution in [0.25, 0.3) is 11.0 Å². The van der Waals surface area contributed by atoms with Gasteiger partial charge in [0.05, 0.1) is 16.6 Å². The van der Waals surface area contributed by atoms with Gasteiger partial charge in [-0.3, -0.25) is 9.48 Å². The van der Waals surface area contributed by atoms with Crippen LogP contribution < -0.4 is 5.32 Å². The van der Waals surface area contributed by atoms with Gasteiger partial charge in [0.2, 0.25) is 0 Å². The van der Waals surface area contributed by atoms with E-state index in [1.165, 1.54) is 12.8 Å². The van der Waals surface area contributed by atoms with E-state index in [2.05, 4.69) is 10.4 Å². The maximum absolute atomic E-state index is 12.4. The van der Waals surface area contributed by atoms with Crippen molar-refractivity contribution in [2.24, 2.45) is 7.05 Å². The molecule has 0 saturated heterocycles. The number of aryl methyl sites for hydroxylation is 2. The minimum atomic E-state index is -0.0164. The van der Waals surface area contributed by atoms with Crippen LogP contribution in [0, 0.1) is 6.92 Å². The first-order chi connectivity index (χ1) is 9.61. The predicted molar refractivity (Wildman–Crippen MR) is 77.8 cm³/mol. The molecule has 0 aliphatic heterocycles. The van der Waals surface area contributed by atoms with Crippen LogP contribution in [-0.2, 0) is 7.05 Å². The van der Waals surface area contributed by atoms with Gasteiger partial charge in [-0.15, -0.1) is 0 Å². The zero-order chi connectivity index (χ0) is 14.3. The van der Waals surface area contributed by atoms with Gasteiger partial charge < -0.3 is 5.32 Å². The van der Waals surface area contributed by atoms with Crippen LogP contribution >= 0.6 is 0 Å². The first kappa shape index (κ1) is 13.1. The Morgan fingerprint density at radius 2 is 2.25 bits per heavy atom. The van der Waals surface area contributed by atoms with E-state index in [1.54, 1.807) is 4.68 Å². The maximum atomic E-state index is 12.4. The molecule has 1 amide bonds. The molecule has 0 spiro atoms. The van der Waals surface area contributed by atoms with Crippen molar-refractivity contribution in [3.8, 4) is 0 Å². The molecule has 2 aromatic rings. The SMILES string of the molecule is CCCNC(=O)c1cc(C2CC2)nc2c1c(C)nn2C. The Morgan fingerprint density at radius 1 is 1.50 bits per heavy atom. The van der Waals surface area contributed by atoms with Crippen LogP contribution in [0.3, 0.4) is 0 Å². The summed E-state index contributed by atoms with van der Waals surface area (Å²) in [5.41, 5.74) is 3.42. The lowest BCUT2D eigenvalue weighted by atomic mass is 10.1. The molecule has 2 heterocycles. The summed E-state index contributed by atoms with van der Waals surface area (Å²) in [6, 6.07) is 1.96. The van der Waals surface area contributed by atoms with E-state index < -0.39 is 0 Å². The molecule has 0 atom stereocenters. The largest absolute Gasteiger partial charge is 0.352 e. The van der Waals surface area contributed by atoms with Crippen molar-refractivity contribution in [1.82, 2.24) is 20.1 Å². The first-order valence-electron chi connectivity index (χ1n) is 7.24. The zero-order valence-electron chi connectivity index (χ0n) is 12.2. The van der Waals surface area contributed by atoms with E-state index in [-0.39, 0.29) is 5.91 Å². The third-order valence-corrected chi connectivity index (χ3v) is 3.76. The Hall–Kier alpha value is -1.91. The molecule has 2 aromatic heterocycles. The summed E-state index contributed by atoms with van der Waals surface area (Å²) in [5, 5.41) is 8.25. The minimum absolute atomic E-state index is 0.0164. The van der Waals surface area contributed by atoms with E-state index in [4.69, 9.17) is 4.98 Å². The third-order valence-electron chi connectivity index (χ3n) is 3.76. The molecule has 1 N–H and O–H groups in total. The number of hydrogen-bond donors (Lipinski definition) is 1. The van der Waals surface area contributed by atoms with Gasteiger partial charge in [-0.05, 0) is 32.3 Å². The average Bonchev–Trinajstić information content (AvgIpc) is 3.23. The fourth-order valence-electron chi connectivity index (χ4n) is 2.57. The van der Waals surface area contributed by atoms with Crippen molar-refractivity contribution in [3.05, 3.63) is 23.0 Å². The Bertz CT molecular complexity index is 670. The summed E-state index contributed by atoms with van der Waals surface area (Å²) in [6.07, 6.45) is 3.28. The fraction of sp³-hybridized carbons (Fsp3) is 0.533. The quantitative estimate of drug-likeness (QED) is 0.929. The second-order valence-corrected chi connectivity index (χ2v) is 5.53. The van der Waals surface area contributed by atoms with Gasteiger partial charge in [0.25, 0.3) is 5.91 Å². The minimum Gasteiger partial charge on any atom is -0.352 e. The highest BCUT2D eigenvalue weighted by atomic mass is 16.1. The second-order valence-electron chi connectivity index (χ2n) is 5.53. The Morgan fingerprint density at radius 3 is 2.90 bits per heavy atom. The highest BCUT2D eigenvalue weighted by molar-refractivity contribution is 6.06. The number of nitrogens with zero attached hydrogens (tertiary/aromatic N) is 3. The molecular formula is C15H20N4O. The van der Waals surface area contributed by atoms with Gasteiger partial charge in [-0.1, -0.05) is 6.92 Å². The molecule has 0 radical (unpaired) electrons. The normalized spacial score (nSPS) is 14.8. The summed E-state index contributed by atoms with van der Waals surface area (Å²) in [6.45, 7) is 4.67. The van der Waals surface area contributed by atoms with Gasteiger partial charge in [-0.2, -0.15) is 5.10 Å². The lowest BCUT2D eigenvalue weighted by Crippen LogP contribution is -2.24. The summed E-state index contributed by atoms with van der Waals surface area (Å²) in [5.74, 6) is 0.504. The molecule has 1 aliphatic carbocycles. The van der Waals surface area contributed by atoms with Crippen molar-refractivity contribution in [2.75, 3.05) is 6.54 Å². The molecule has 5 heteroatoms. The smallest absolute Gasteiger partial charge is 0.252 e. The molecule has 1 saturated carbocycles. The number of rotatable bonds is 4. The number of pyridine rings is 1. The summed E-state index contributed by atoms with van der Waals surface area (Å²) >= 11 is 0. The van der Waals surface area contributed by atoms with Crippen LogP contribution in [0.2, 0.25) is 0 Å². The number of hydrogen-bond acceptors (Lipinski definition) is 3. The van der Waals surface area contributed by atoms with Gasteiger partial charge in [0, 0.05) is 25.2 Å². The fourth-order valence-corrected chi connectivity index (χ4v) is 2.57. The van der Waals surface area contributed by atoms with E-state index in [0.717, 1.165) is 34.4 Å². The average molecular weight is 272 g/mol. The Labute approximate surface area is 118 Å². The maximum Gasteiger partial charge on any atom is 0.252 e. The van der Waals surface area contributed by atoms with Crippen molar-refractivity contribution in [1.29, 1.82) is 0 Å². The van der Waals surface area contributed by atoms with Gasteiger partial charge in [0.1, 0.15) is 0 Å². The van der Waals surface area contributed by atoms with Crippen LogP contribution in [0.5, 0.6) is 0 Å². The zero-order valence-corrected chi connectivity index (χ0v) is 12.2. The van der Waals surface area contributed by atoms with Gasteiger partial charge >= 0.3 is 0 Å². The number of aromatic nitrogens is 3. The monoisotopic (exact) mass is 272 g/mol. The van der Waals surface area contributed by atoms with E-state index in [1.807, 2.05) is 27.0 Å². The molecule has 1 fully saturated rings. The summed E-state index contributed by atoms with van der Waals surface area (Å²) in [7, 11) is 1.88. The van der Waals surface area contributed by atoms with E-state index in [0.29, 0.717) is 12.5 Å². The number of nitrogens with one attached hydrogen (secondary N) is 1. The van der Waals surface area contributed by atoms with Crippen molar-refractivity contribution < 1.29 is 4.79 Å². The van der Waals surface area contributed by atoms with E-state index in [9.17, 15) is 4.79 Å². The van der Waals surface area contributed by atoms with Gasteiger partial charge in [0.15, 0.2) is 5.65 Å². The summed E-state index contributed by atoms with van der Waals surface area (Å²) < 4.78 is 1.77. The molecule has 0 bridgehead atoms. The lowest BCUT2D eigenvalue weighted by molar-refractivity contribution is 0.0955. The molecule has 3 rings (SSSR count). The first-order valence-corrected chi connectivity index (χ1v) is 7.24. The number of carbonyl (C=O) groups is 1.